The standard InChI is InChI=1S/C10H12ClN5O2/c11-3-6-13-9(17)15-16-10(18)14-7-8-1-4-12-5-2-8/h1-2,4-5H,3,6-7H2,(H,13,17)(H,14,18)/b16-15+. The summed E-state index contributed by atoms with van der Waals surface area (Å²) in [5, 5.41) is 11.2. The smallest absolute Gasteiger partial charge is 0.334 e. The summed E-state index contributed by atoms with van der Waals surface area (Å²) in [6.45, 7) is 0.571. The van der Waals surface area contributed by atoms with Crippen LogP contribution in [0.4, 0.5) is 9.59 Å². The number of pyridine rings is 1. The first-order valence-electron chi connectivity index (χ1n) is 5.14. The molecule has 18 heavy (non-hydrogen) atoms. The number of nitrogens with zero attached hydrogens (tertiary/aromatic N) is 3. The molecular weight excluding hydrogens is 258 g/mol. The van der Waals surface area contributed by atoms with Gasteiger partial charge in [0.25, 0.3) is 0 Å². The molecule has 0 saturated heterocycles. The highest BCUT2D eigenvalue weighted by atomic mass is 35.5. The van der Waals surface area contributed by atoms with Crippen molar-refractivity contribution in [2.75, 3.05) is 12.4 Å². The zero-order valence-corrected chi connectivity index (χ0v) is 10.2. The fourth-order valence-corrected chi connectivity index (χ4v) is 1.09. The molecule has 0 fully saturated rings. The molecule has 2 N–H and O–H groups in total. The molecule has 96 valence electrons. The number of nitrogens with one attached hydrogen (secondary N) is 2. The maximum Gasteiger partial charge on any atom is 0.360 e. The molecule has 0 bridgehead atoms. The molecule has 0 atom stereocenters. The number of amides is 4. The van der Waals surface area contributed by atoms with E-state index in [1.807, 2.05) is 0 Å². The van der Waals surface area contributed by atoms with Crippen molar-refractivity contribution in [3.63, 3.8) is 0 Å². The number of aromatic nitrogens is 1. The molecule has 0 aliphatic rings. The van der Waals surface area contributed by atoms with Gasteiger partial charge in [0.15, 0.2) is 0 Å². The van der Waals surface area contributed by atoms with Gasteiger partial charge in [-0.05, 0) is 17.7 Å². The van der Waals surface area contributed by atoms with Crippen molar-refractivity contribution in [1.82, 2.24) is 15.6 Å². The predicted octanol–water partition coefficient (Wildman–Crippen LogP) is 1.69. The number of carbonyl (C=O) groups is 2. The van der Waals surface area contributed by atoms with Gasteiger partial charge in [-0.2, -0.15) is 0 Å². The van der Waals surface area contributed by atoms with Crippen LogP contribution < -0.4 is 10.6 Å². The maximum absolute atomic E-state index is 11.2. The average molecular weight is 270 g/mol. The van der Waals surface area contributed by atoms with Crippen LogP contribution in [0, 0.1) is 0 Å². The summed E-state index contributed by atoms with van der Waals surface area (Å²) >= 11 is 5.35. The van der Waals surface area contributed by atoms with Gasteiger partial charge in [-0.1, -0.05) is 10.2 Å². The van der Waals surface area contributed by atoms with Gasteiger partial charge in [0, 0.05) is 31.4 Å². The van der Waals surface area contributed by atoms with Crippen LogP contribution in [0.25, 0.3) is 0 Å². The minimum atomic E-state index is -0.699. The van der Waals surface area contributed by atoms with Crippen molar-refractivity contribution in [3.05, 3.63) is 30.1 Å². The minimum Gasteiger partial charge on any atom is -0.334 e. The Balaban J connectivity index is 2.29. The third kappa shape index (κ3) is 5.90. The fraction of sp³-hybridized carbons (Fsp3) is 0.300. The van der Waals surface area contributed by atoms with Crippen LogP contribution in [-0.2, 0) is 6.54 Å². The van der Waals surface area contributed by atoms with Crippen molar-refractivity contribution in [1.29, 1.82) is 0 Å². The number of carbonyl (C=O) groups excluding carboxylic acids is 2. The minimum absolute atomic E-state index is 0.273. The number of urea groups is 2. The van der Waals surface area contributed by atoms with Crippen LogP contribution in [-0.4, -0.2) is 29.5 Å². The van der Waals surface area contributed by atoms with E-state index in [2.05, 4.69) is 25.8 Å². The number of alkyl halides is 1. The predicted molar refractivity (Wildman–Crippen MR) is 65.4 cm³/mol. The zero-order chi connectivity index (χ0) is 13.2. The molecule has 0 aromatic carbocycles. The molecule has 1 heterocycles. The Morgan fingerprint density at radius 1 is 1.17 bits per heavy atom. The van der Waals surface area contributed by atoms with Gasteiger partial charge in [-0.25, -0.2) is 9.59 Å². The van der Waals surface area contributed by atoms with Crippen LogP contribution in [0.5, 0.6) is 0 Å². The monoisotopic (exact) mass is 269 g/mol. The lowest BCUT2D eigenvalue weighted by Gasteiger charge is -2.00. The molecular formula is C10H12ClN5O2. The highest BCUT2D eigenvalue weighted by Gasteiger charge is 2.00. The molecule has 1 aromatic heterocycles. The molecule has 0 aliphatic carbocycles. The Labute approximate surface area is 109 Å². The summed E-state index contributed by atoms with van der Waals surface area (Å²) in [5.41, 5.74) is 0.875. The topological polar surface area (TPSA) is 95.8 Å². The second-order valence-corrected chi connectivity index (χ2v) is 3.51. The second kappa shape index (κ2) is 8.13. The Kier molecular flexibility index (Phi) is 6.34. The van der Waals surface area contributed by atoms with E-state index in [-0.39, 0.29) is 12.4 Å². The Morgan fingerprint density at radius 2 is 1.78 bits per heavy atom. The molecule has 0 aliphatic heterocycles. The van der Waals surface area contributed by atoms with Gasteiger partial charge in [0.05, 0.1) is 0 Å². The van der Waals surface area contributed by atoms with E-state index >= 15 is 0 Å². The fourth-order valence-electron chi connectivity index (χ4n) is 0.994. The lowest BCUT2D eigenvalue weighted by molar-refractivity contribution is 0.241. The van der Waals surface area contributed by atoms with Crippen LogP contribution in [0.3, 0.4) is 0 Å². The third-order valence-corrected chi connectivity index (χ3v) is 1.98. The van der Waals surface area contributed by atoms with Crippen molar-refractivity contribution in [2.24, 2.45) is 10.2 Å². The summed E-state index contributed by atoms with van der Waals surface area (Å²) in [4.78, 5) is 26.0. The highest BCUT2D eigenvalue weighted by Crippen LogP contribution is 1.95. The average Bonchev–Trinajstić information content (AvgIpc) is 2.41. The third-order valence-electron chi connectivity index (χ3n) is 1.80. The number of azo groups is 1. The van der Waals surface area contributed by atoms with Gasteiger partial charge >= 0.3 is 12.1 Å². The van der Waals surface area contributed by atoms with Gasteiger partial charge in [-0.3, -0.25) is 4.98 Å². The van der Waals surface area contributed by atoms with E-state index in [1.165, 1.54) is 0 Å². The van der Waals surface area contributed by atoms with Crippen LogP contribution >= 0.6 is 11.6 Å². The summed E-state index contributed by atoms with van der Waals surface area (Å²) < 4.78 is 0. The molecule has 0 spiro atoms. The Hall–Kier alpha value is -2.02. The van der Waals surface area contributed by atoms with Crippen molar-refractivity contribution >= 4 is 23.7 Å². The molecule has 0 unspecified atom stereocenters. The number of halogens is 1. The van der Waals surface area contributed by atoms with Crippen LogP contribution in [0.1, 0.15) is 5.56 Å². The Bertz CT molecular complexity index is 424. The van der Waals surface area contributed by atoms with E-state index in [9.17, 15) is 9.59 Å². The van der Waals surface area contributed by atoms with E-state index in [0.717, 1.165) is 5.56 Å². The Morgan fingerprint density at radius 3 is 2.39 bits per heavy atom. The molecule has 0 saturated carbocycles. The first-order valence-corrected chi connectivity index (χ1v) is 5.68. The van der Waals surface area contributed by atoms with Gasteiger partial charge in [0.1, 0.15) is 0 Å². The van der Waals surface area contributed by atoms with Crippen molar-refractivity contribution < 1.29 is 9.59 Å². The highest BCUT2D eigenvalue weighted by molar-refractivity contribution is 6.18. The number of hydrogen-bond acceptors (Lipinski definition) is 3. The first kappa shape index (κ1) is 14.0. The van der Waals surface area contributed by atoms with Gasteiger partial charge in [0.2, 0.25) is 0 Å². The molecule has 4 amide bonds. The van der Waals surface area contributed by atoms with E-state index in [0.29, 0.717) is 6.54 Å². The molecule has 8 heteroatoms. The summed E-state index contributed by atoms with van der Waals surface area (Å²) in [5.74, 6) is 0.273. The molecule has 0 radical (unpaired) electrons. The molecule has 1 aromatic rings. The van der Waals surface area contributed by atoms with E-state index in [4.69, 9.17) is 11.6 Å². The van der Waals surface area contributed by atoms with Crippen LogP contribution in [0.15, 0.2) is 34.8 Å². The normalized spacial score (nSPS) is 10.3. The van der Waals surface area contributed by atoms with Crippen molar-refractivity contribution in [2.45, 2.75) is 6.54 Å². The van der Waals surface area contributed by atoms with Gasteiger partial charge in [-0.15, -0.1) is 11.6 Å². The second-order valence-electron chi connectivity index (χ2n) is 3.14. The van der Waals surface area contributed by atoms with Gasteiger partial charge < -0.3 is 10.6 Å². The lowest BCUT2D eigenvalue weighted by atomic mass is 10.3. The lowest BCUT2D eigenvalue weighted by Crippen LogP contribution is -2.23. The largest absolute Gasteiger partial charge is 0.360 e. The zero-order valence-electron chi connectivity index (χ0n) is 9.47. The van der Waals surface area contributed by atoms with Crippen LogP contribution in [0.2, 0.25) is 0 Å². The number of hydrogen-bond donors (Lipinski definition) is 2. The summed E-state index contributed by atoms with van der Waals surface area (Å²) in [7, 11) is 0. The molecule has 1 rings (SSSR count). The first-order chi connectivity index (χ1) is 8.72. The van der Waals surface area contributed by atoms with E-state index in [1.54, 1.807) is 24.5 Å². The van der Waals surface area contributed by atoms with Crippen molar-refractivity contribution in [3.8, 4) is 0 Å². The summed E-state index contributed by atoms with van der Waals surface area (Å²) in [6, 6.07) is 2.12. The van der Waals surface area contributed by atoms with E-state index < -0.39 is 12.1 Å². The maximum atomic E-state index is 11.2. The number of rotatable bonds is 4. The quantitative estimate of drug-likeness (QED) is 0.643. The molecule has 7 nitrogen and oxygen atoms in total. The SMILES string of the molecule is O=C(/N=N/C(=O)NCc1ccncc1)NCCCl. The summed E-state index contributed by atoms with van der Waals surface area (Å²) in [6.07, 6.45) is 3.23.